The predicted molar refractivity (Wildman–Crippen MR) is 376 cm³/mol. The third kappa shape index (κ3) is 70.6. The van der Waals surface area contributed by atoms with Gasteiger partial charge < -0.3 is 20.1 Å². The second-order valence-electron chi connectivity index (χ2n) is 22.6. The van der Waals surface area contributed by atoms with Crippen LogP contribution in [0.25, 0.3) is 0 Å². The first-order valence-electron chi connectivity index (χ1n) is 35.0. The number of rotatable bonds is 64. The molecule has 0 aliphatic rings. The van der Waals surface area contributed by atoms with Crippen LogP contribution in [0.1, 0.15) is 284 Å². The summed E-state index contributed by atoms with van der Waals surface area (Å²) in [4.78, 5) is 35.4. The number of carbonyl (C=O) groups is 2. The molecular formula is C77H128NO8P. The lowest BCUT2D eigenvalue weighted by Gasteiger charge is -2.19. The summed E-state index contributed by atoms with van der Waals surface area (Å²) in [7, 11) is -4.41. The number of esters is 2. The highest BCUT2D eigenvalue weighted by Crippen LogP contribution is 2.43. The maximum absolute atomic E-state index is 12.8. The number of unbranched alkanes of at least 4 members (excludes halogenated alkanes) is 25. The van der Waals surface area contributed by atoms with Gasteiger partial charge in [0.1, 0.15) is 6.61 Å². The van der Waals surface area contributed by atoms with Gasteiger partial charge in [0.25, 0.3) is 0 Å². The highest BCUT2D eigenvalue weighted by molar-refractivity contribution is 7.47. The summed E-state index contributed by atoms with van der Waals surface area (Å²) in [6.45, 7) is 3.51. The first-order valence-corrected chi connectivity index (χ1v) is 36.5. The fraction of sp³-hybridized carbons (Fsp3) is 0.636. The fourth-order valence-corrected chi connectivity index (χ4v) is 10.1. The van der Waals surface area contributed by atoms with E-state index >= 15 is 0 Å². The lowest BCUT2D eigenvalue weighted by Crippen LogP contribution is -2.29. The van der Waals surface area contributed by atoms with Crippen LogP contribution in [0.15, 0.2) is 158 Å². The third-order valence-electron chi connectivity index (χ3n) is 14.4. The Morgan fingerprint density at radius 2 is 0.598 bits per heavy atom. The van der Waals surface area contributed by atoms with Crippen molar-refractivity contribution in [1.29, 1.82) is 0 Å². The van der Waals surface area contributed by atoms with Crippen LogP contribution < -0.4 is 5.73 Å². The summed E-state index contributed by atoms with van der Waals surface area (Å²) < 4.78 is 33.2. The van der Waals surface area contributed by atoms with Crippen LogP contribution in [0.4, 0.5) is 0 Å². The molecule has 0 bridgehead atoms. The molecular weight excluding hydrogens is 1100 g/mol. The molecule has 0 rings (SSSR count). The molecule has 2 atom stereocenters. The van der Waals surface area contributed by atoms with E-state index in [1.807, 2.05) is 0 Å². The normalized spacial score (nSPS) is 13.9. The van der Waals surface area contributed by atoms with E-state index in [-0.39, 0.29) is 38.6 Å². The molecule has 0 spiro atoms. The Kier molecular flexibility index (Phi) is 67.2. The van der Waals surface area contributed by atoms with Crippen molar-refractivity contribution in [3.8, 4) is 0 Å². The maximum atomic E-state index is 12.8. The summed E-state index contributed by atoms with van der Waals surface area (Å²) in [6, 6.07) is 0. The van der Waals surface area contributed by atoms with Gasteiger partial charge in [-0.25, -0.2) is 4.57 Å². The van der Waals surface area contributed by atoms with Crippen molar-refractivity contribution in [3.05, 3.63) is 158 Å². The lowest BCUT2D eigenvalue weighted by atomic mass is 10.0. The first kappa shape index (κ1) is 82.6. The monoisotopic (exact) mass is 1230 g/mol. The van der Waals surface area contributed by atoms with E-state index in [0.29, 0.717) is 6.42 Å². The predicted octanol–water partition coefficient (Wildman–Crippen LogP) is 23.2. The largest absolute Gasteiger partial charge is 0.472 e. The SMILES string of the molecule is CC/C=C\C/C=C\C/C=C\C/C=C\C/C=C\C/C=C\C/C=C\CCCCCCCCCC(=O)OC(COC(=O)CCCCCCCCCCCCCCCCCCCC/C=C\C/C=C\C/C=C\C/C=C\C/C=C\C/C=C\CC)COP(=O)(O)OCCN. The molecule has 0 aromatic carbocycles. The van der Waals surface area contributed by atoms with E-state index < -0.39 is 26.5 Å². The summed E-state index contributed by atoms with van der Waals surface area (Å²) >= 11 is 0. The van der Waals surface area contributed by atoms with Crippen molar-refractivity contribution in [1.82, 2.24) is 0 Å². The molecule has 0 amide bonds. The zero-order chi connectivity index (χ0) is 63.0. The van der Waals surface area contributed by atoms with Crippen LogP contribution >= 0.6 is 7.82 Å². The van der Waals surface area contributed by atoms with Crippen molar-refractivity contribution >= 4 is 19.8 Å². The van der Waals surface area contributed by atoms with Crippen LogP contribution in [0.2, 0.25) is 0 Å². The van der Waals surface area contributed by atoms with Gasteiger partial charge in [0.2, 0.25) is 0 Å². The Bertz CT molecular complexity index is 1980. The van der Waals surface area contributed by atoms with Gasteiger partial charge in [0.15, 0.2) is 6.10 Å². The molecule has 0 radical (unpaired) electrons. The van der Waals surface area contributed by atoms with Gasteiger partial charge in [0, 0.05) is 19.4 Å². The van der Waals surface area contributed by atoms with Crippen molar-refractivity contribution in [2.75, 3.05) is 26.4 Å². The summed E-state index contributed by atoms with van der Waals surface area (Å²) in [6.07, 6.45) is 103. The standard InChI is InChI=1S/C77H128NO8P/c1-3-5-7-9-11-13-15-17-19-21-23-25-27-29-31-33-34-35-36-37-38-39-40-42-43-45-47-49-51-53-55-57-59-61-63-65-67-69-76(79)83-73-75(74-85-87(81,82)84-72-71-78)86-77(80)70-68-66-64-62-60-58-56-54-52-50-48-46-44-41-32-30-28-26-24-22-20-18-16-14-12-10-8-6-4-2/h5-8,11-14,17-20,23-26,29-32,34-35,44,46,50,52,75H,3-4,9-10,15-16,21-22,27-28,33,36-43,45,47-49,51,53-74,78H2,1-2H3,(H,81,82)/b7-5-,8-6-,13-11-,14-12-,19-17-,20-18-,25-23-,26-24-,31-29-,32-30-,35-34-,46-44-,52-50-. The van der Waals surface area contributed by atoms with Gasteiger partial charge in [-0.2, -0.15) is 0 Å². The van der Waals surface area contributed by atoms with Gasteiger partial charge in [-0.15, -0.1) is 0 Å². The zero-order valence-electron chi connectivity index (χ0n) is 55.4. The number of nitrogens with two attached hydrogens (primary N) is 1. The Morgan fingerprint density at radius 1 is 0.345 bits per heavy atom. The van der Waals surface area contributed by atoms with E-state index in [1.54, 1.807) is 0 Å². The average molecular weight is 1230 g/mol. The zero-order valence-corrected chi connectivity index (χ0v) is 56.3. The molecule has 10 heteroatoms. The van der Waals surface area contributed by atoms with Gasteiger partial charge in [-0.1, -0.05) is 307 Å². The second-order valence-corrected chi connectivity index (χ2v) is 24.1. The highest BCUT2D eigenvalue weighted by atomic mass is 31.2. The number of phosphoric acid groups is 1. The van der Waals surface area contributed by atoms with Crippen molar-refractivity contribution < 1.29 is 37.6 Å². The number of allylic oxidation sites excluding steroid dienone is 26. The molecule has 0 aromatic rings. The molecule has 0 aliphatic carbocycles. The minimum Gasteiger partial charge on any atom is -0.462 e. The Labute approximate surface area is 534 Å². The Morgan fingerprint density at radius 3 is 0.885 bits per heavy atom. The number of ether oxygens (including phenoxy) is 2. The topological polar surface area (TPSA) is 134 Å². The van der Waals surface area contributed by atoms with Crippen LogP contribution in [0.5, 0.6) is 0 Å². The van der Waals surface area contributed by atoms with Crippen LogP contribution in [0.3, 0.4) is 0 Å². The van der Waals surface area contributed by atoms with Gasteiger partial charge in [-0.05, 0) is 122 Å². The first-order chi connectivity index (χ1) is 42.8. The number of carbonyl (C=O) groups excluding carboxylic acids is 2. The second kappa shape index (κ2) is 70.7. The van der Waals surface area contributed by atoms with Gasteiger partial charge in [0.05, 0.1) is 13.2 Å². The molecule has 0 heterocycles. The van der Waals surface area contributed by atoms with Crippen molar-refractivity contribution in [3.63, 3.8) is 0 Å². The van der Waals surface area contributed by atoms with Crippen molar-refractivity contribution in [2.24, 2.45) is 5.73 Å². The van der Waals surface area contributed by atoms with Crippen LogP contribution in [0, 0.1) is 0 Å². The molecule has 494 valence electrons. The van der Waals surface area contributed by atoms with Gasteiger partial charge in [-0.3, -0.25) is 18.6 Å². The number of hydrogen-bond acceptors (Lipinski definition) is 8. The molecule has 0 aromatic heterocycles. The lowest BCUT2D eigenvalue weighted by molar-refractivity contribution is -0.161. The molecule has 87 heavy (non-hydrogen) atoms. The van der Waals surface area contributed by atoms with Crippen molar-refractivity contribution in [2.45, 2.75) is 290 Å². The quantitative estimate of drug-likeness (QED) is 0.0264. The Balaban J connectivity index is 3.92. The molecule has 0 aliphatic heterocycles. The summed E-state index contributed by atoms with van der Waals surface area (Å²) in [5, 5.41) is 0. The van der Waals surface area contributed by atoms with E-state index in [1.165, 1.54) is 122 Å². The summed E-state index contributed by atoms with van der Waals surface area (Å²) in [5.74, 6) is -0.842. The molecule has 3 N–H and O–H groups in total. The molecule has 0 fully saturated rings. The maximum Gasteiger partial charge on any atom is 0.472 e. The van der Waals surface area contributed by atoms with Crippen LogP contribution in [-0.4, -0.2) is 49.3 Å². The number of hydrogen-bond donors (Lipinski definition) is 2. The number of phosphoric ester groups is 1. The minimum absolute atomic E-state index is 0.0448. The van der Waals surface area contributed by atoms with E-state index in [0.717, 1.165) is 128 Å². The average Bonchev–Trinajstić information content (AvgIpc) is 3.63. The smallest absolute Gasteiger partial charge is 0.462 e. The molecule has 0 saturated carbocycles. The van der Waals surface area contributed by atoms with Crippen LogP contribution in [-0.2, 0) is 32.7 Å². The molecule has 9 nitrogen and oxygen atoms in total. The Hall–Kier alpha value is -4.37. The van der Waals surface area contributed by atoms with E-state index in [9.17, 15) is 19.0 Å². The minimum atomic E-state index is -4.41. The van der Waals surface area contributed by atoms with E-state index in [4.69, 9.17) is 24.3 Å². The van der Waals surface area contributed by atoms with E-state index in [2.05, 4.69) is 172 Å². The molecule has 0 saturated heterocycles. The third-order valence-corrected chi connectivity index (χ3v) is 15.4. The fourth-order valence-electron chi connectivity index (χ4n) is 9.33. The highest BCUT2D eigenvalue weighted by Gasteiger charge is 2.26. The molecule has 2 unspecified atom stereocenters. The van der Waals surface area contributed by atoms with Gasteiger partial charge >= 0.3 is 19.8 Å². The summed E-state index contributed by atoms with van der Waals surface area (Å²) in [5.41, 5.74) is 5.40.